The van der Waals surface area contributed by atoms with Crippen LogP contribution in [0.3, 0.4) is 0 Å². The summed E-state index contributed by atoms with van der Waals surface area (Å²) < 4.78 is 5.48. The van der Waals surface area contributed by atoms with Crippen molar-refractivity contribution in [3.8, 4) is 5.75 Å². The van der Waals surface area contributed by atoms with Gasteiger partial charge in [-0.3, -0.25) is 0 Å². The maximum atomic E-state index is 12.0. The summed E-state index contributed by atoms with van der Waals surface area (Å²) in [5, 5.41) is 0. The van der Waals surface area contributed by atoms with E-state index in [0.29, 0.717) is 5.75 Å². The summed E-state index contributed by atoms with van der Waals surface area (Å²) in [5.41, 5.74) is 4.26. The Labute approximate surface area is 132 Å². The molecule has 2 aromatic carbocycles. The van der Waals surface area contributed by atoms with Gasteiger partial charge in [0.05, 0.1) is 0 Å². The lowest BCUT2D eigenvalue weighted by atomic mass is 10.1. The van der Waals surface area contributed by atoms with E-state index in [2.05, 4.69) is 12.1 Å². The van der Waals surface area contributed by atoms with E-state index >= 15 is 0 Å². The molecule has 0 N–H and O–H groups in total. The predicted octanol–water partition coefficient (Wildman–Crippen LogP) is 4.79. The highest BCUT2D eigenvalue weighted by Gasteiger charge is 2.08. The van der Waals surface area contributed by atoms with Crippen molar-refractivity contribution in [1.82, 2.24) is 0 Å². The molecule has 114 valence electrons. The minimum absolute atomic E-state index is 0.303. The van der Waals surface area contributed by atoms with Gasteiger partial charge in [0.1, 0.15) is 5.75 Å². The van der Waals surface area contributed by atoms with E-state index in [1.807, 2.05) is 57.2 Å². The SMILES string of the molecule is C/C(=C/C(=O)Oc1c(C)cccc1C)CCc1ccccc1. The van der Waals surface area contributed by atoms with Gasteiger partial charge in [0.15, 0.2) is 0 Å². The molecule has 0 atom stereocenters. The molecule has 0 aliphatic heterocycles. The topological polar surface area (TPSA) is 26.3 Å². The zero-order valence-electron chi connectivity index (χ0n) is 13.4. The maximum absolute atomic E-state index is 12.0. The molecule has 0 amide bonds. The second-order valence-electron chi connectivity index (χ2n) is 5.62. The highest BCUT2D eigenvalue weighted by molar-refractivity contribution is 5.85. The van der Waals surface area contributed by atoms with Gasteiger partial charge in [-0.15, -0.1) is 0 Å². The summed E-state index contributed by atoms with van der Waals surface area (Å²) in [7, 11) is 0. The van der Waals surface area contributed by atoms with Crippen LogP contribution < -0.4 is 4.74 Å². The lowest BCUT2D eigenvalue weighted by molar-refractivity contribution is -0.129. The van der Waals surface area contributed by atoms with Crippen LogP contribution in [0, 0.1) is 13.8 Å². The van der Waals surface area contributed by atoms with Crippen LogP contribution in [0.2, 0.25) is 0 Å². The van der Waals surface area contributed by atoms with Crippen molar-refractivity contribution in [3.63, 3.8) is 0 Å². The van der Waals surface area contributed by atoms with Gasteiger partial charge in [-0.2, -0.15) is 0 Å². The molecule has 22 heavy (non-hydrogen) atoms. The Balaban J connectivity index is 1.95. The van der Waals surface area contributed by atoms with Crippen LogP contribution in [-0.2, 0) is 11.2 Å². The van der Waals surface area contributed by atoms with E-state index in [-0.39, 0.29) is 5.97 Å². The van der Waals surface area contributed by atoms with E-state index in [9.17, 15) is 4.79 Å². The van der Waals surface area contributed by atoms with Crippen molar-refractivity contribution in [2.75, 3.05) is 0 Å². The predicted molar refractivity (Wildman–Crippen MR) is 90.1 cm³/mol. The Morgan fingerprint density at radius 2 is 1.64 bits per heavy atom. The molecule has 0 heterocycles. The lowest BCUT2D eigenvalue weighted by Crippen LogP contribution is -2.07. The number of rotatable bonds is 5. The first-order valence-electron chi connectivity index (χ1n) is 7.55. The van der Waals surface area contributed by atoms with Crippen molar-refractivity contribution in [2.24, 2.45) is 0 Å². The number of ether oxygens (including phenoxy) is 1. The first-order valence-corrected chi connectivity index (χ1v) is 7.55. The number of aryl methyl sites for hydroxylation is 3. The zero-order valence-corrected chi connectivity index (χ0v) is 13.4. The van der Waals surface area contributed by atoms with E-state index < -0.39 is 0 Å². The number of carbonyl (C=O) groups is 1. The number of benzene rings is 2. The third kappa shape index (κ3) is 4.59. The number of para-hydroxylation sites is 1. The second kappa shape index (κ2) is 7.60. The number of carbonyl (C=O) groups excluding carboxylic acids is 1. The molecule has 0 fully saturated rings. The monoisotopic (exact) mass is 294 g/mol. The van der Waals surface area contributed by atoms with E-state index in [4.69, 9.17) is 4.74 Å². The van der Waals surface area contributed by atoms with Crippen LogP contribution in [-0.4, -0.2) is 5.97 Å². The first kappa shape index (κ1) is 16.0. The molecule has 0 aliphatic carbocycles. The summed E-state index contributed by atoms with van der Waals surface area (Å²) >= 11 is 0. The zero-order chi connectivity index (χ0) is 15.9. The van der Waals surface area contributed by atoms with E-state index in [0.717, 1.165) is 29.5 Å². The van der Waals surface area contributed by atoms with E-state index in [1.165, 1.54) is 5.56 Å². The molecule has 0 unspecified atom stereocenters. The number of esters is 1. The van der Waals surface area contributed by atoms with E-state index in [1.54, 1.807) is 6.08 Å². The average Bonchev–Trinajstić information content (AvgIpc) is 2.50. The molecule has 0 aromatic heterocycles. The first-order chi connectivity index (χ1) is 10.6. The van der Waals surface area contributed by atoms with Gasteiger partial charge < -0.3 is 4.74 Å². The Morgan fingerprint density at radius 3 is 2.27 bits per heavy atom. The summed E-state index contributed by atoms with van der Waals surface area (Å²) in [4.78, 5) is 12.0. The van der Waals surface area contributed by atoms with Crippen molar-refractivity contribution in [1.29, 1.82) is 0 Å². The minimum Gasteiger partial charge on any atom is -0.423 e. The molecule has 0 bridgehead atoms. The average molecular weight is 294 g/mol. The largest absolute Gasteiger partial charge is 0.423 e. The Hall–Kier alpha value is -2.35. The van der Waals surface area contributed by atoms with Gasteiger partial charge in [-0.25, -0.2) is 4.79 Å². The van der Waals surface area contributed by atoms with Crippen molar-refractivity contribution in [2.45, 2.75) is 33.6 Å². The fraction of sp³-hybridized carbons (Fsp3) is 0.250. The maximum Gasteiger partial charge on any atom is 0.336 e. The highest BCUT2D eigenvalue weighted by atomic mass is 16.5. The molecular formula is C20H22O2. The van der Waals surface area contributed by atoms with Crippen molar-refractivity contribution in [3.05, 3.63) is 76.9 Å². The fourth-order valence-electron chi connectivity index (χ4n) is 2.35. The van der Waals surface area contributed by atoms with Crippen LogP contribution in [0.5, 0.6) is 5.75 Å². The molecule has 2 heteroatoms. The third-order valence-electron chi connectivity index (χ3n) is 3.63. The molecule has 2 rings (SSSR count). The lowest BCUT2D eigenvalue weighted by Gasteiger charge is -2.09. The van der Waals surface area contributed by atoms with Gasteiger partial charge in [0.2, 0.25) is 0 Å². The summed E-state index contributed by atoms with van der Waals surface area (Å²) in [5.74, 6) is 0.363. The smallest absolute Gasteiger partial charge is 0.336 e. The highest BCUT2D eigenvalue weighted by Crippen LogP contribution is 2.22. The van der Waals surface area contributed by atoms with Crippen LogP contribution in [0.15, 0.2) is 60.2 Å². The van der Waals surface area contributed by atoms with Gasteiger partial charge in [-0.05, 0) is 50.3 Å². The quantitative estimate of drug-likeness (QED) is 0.450. The van der Waals surface area contributed by atoms with Crippen LogP contribution in [0.1, 0.15) is 30.0 Å². The number of allylic oxidation sites excluding steroid dienone is 1. The van der Waals surface area contributed by atoms with Crippen LogP contribution in [0.4, 0.5) is 0 Å². The van der Waals surface area contributed by atoms with Crippen LogP contribution >= 0.6 is 0 Å². The van der Waals surface area contributed by atoms with Crippen LogP contribution in [0.25, 0.3) is 0 Å². The third-order valence-corrected chi connectivity index (χ3v) is 3.63. The van der Waals surface area contributed by atoms with Crippen molar-refractivity contribution < 1.29 is 9.53 Å². The summed E-state index contributed by atoms with van der Waals surface area (Å²) in [6.45, 7) is 5.86. The Bertz CT molecular complexity index is 649. The molecule has 0 saturated heterocycles. The fourth-order valence-corrected chi connectivity index (χ4v) is 2.35. The number of hydrogen-bond donors (Lipinski definition) is 0. The van der Waals surface area contributed by atoms with Crippen molar-refractivity contribution >= 4 is 5.97 Å². The summed E-state index contributed by atoms with van der Waals surface area (Å²) in [6, 6.07) is 16.1. The second-order valence-corrected chi connectivity index (χ2v) is 5.62. The molecular weight excluding hydrogens is 272 g/mol. The normalized spacial score (nSPS) is 11.3. The van der Waals surface area contributed by atoms with Gasteiger partial charge >= 0.3 is 5.97 Å². The van der Waals surface area contributed by atoms with Gasteiger partial charge in [0.25, 0.3) is 0 Å². The standard InChI is InChI=1S/C20H22O2/c1-15(12-13-18-10-5-4-6-11-18)14-19(21)22-20-16(2)8-7-9-17(20)3/h4-11,14H,12-13H2,1-3H3/b15-14-. The molecule has 0 spiro atoms. The summed E-state index contributed by atoms with van der Waals surface area (Å²) in [6.07, 6.45) is 3.38. The molecule has 2 aromatic rings. The molecule has 0 saturated carbocycles. The molecule has 0 aliphatic rings. The minimum atomic E-state index is -0.303. The number of hydrogen-bond acceptors (Lipinski definition) is 2. The molecule has 2 nitrogen and oxygen atoms in total. The van der Waals surface area contributed by atoms with Gasteiger partial charge in [0, 0.05) is 6.08 Å². The molecule has 0 radical (unpaired) electrons. The van der Waals surface area contributed by atoms with Gasteiger partial charge in [-0.1, -0.05) is 54.1 Å². The Morgan fingerprint density at radius 1 is 1.00 bits per heavy atom. The Kier molecular flexibility index (Phi) is 5.54.